The number of nitrogens with zero attached hydrogens (tertiary/aromatic N) is 3. The second-order valence-electron chi connectivity index (χ2n) is 9.31. The number of aliphatic hydroxyl groups is 1. The van der Waals surface area contributed by atoms with E-state index in [4.69, 9.17) is 0 Å². The molecule has 4 rings (SSSR count). The standard InChI is InChI=1S/C25H34N4O3/c30-23(12-11-20-7-3-1-4-8-20)28-15-13-25(32,14-16-28)18-29-19-26-22(17-24(29)31)27-21-9-5-2-6-10-21/h1,3-4,7-8,17,19,21,27,32H,2,5-6,9-16,18H2. The summed E-state index contributed by atoms with van der Waals surface area (Å²) in [4.78, 5) is 31.4. The number of rotatable bonds is 7. The maximum atomic E-state index is 12.6. The van der Waals surface area contributed by atoms with Crippen LogP contribution in [0.1, 0.15) is 56.9 Å². The van der Waals surface area contributed by atoms with Crippen LogP contribution in [0.5, 0.6) is 0 Å². The van der Waals surface area contributed by atoms with Gasteiger partial charge in [-0.25, -0.2) is 4.98 Å². The van der Waals surface area contributed by atoms with Gasteiger partial charge in [-0.05, 0) is 37.7 Å². The van der Waals surface area contributed by atoms with Crippen LogP contribution in [0, 0.1) is 0 Å². The van der Waals surface area contributed by atoms with Crippen molar-refractivity contribution in [1.29, 1.82) is 0 Å². The Balaban J connectivity index is 1.27. The molecule has 1 saturated carbocycles. The number of amides is 1. The third kappa shape index (κ3) is 5.97. The molecule has 1 aliphatic heterocycles. The highest BCUT2D eigenvalue weighted by molar-refractivity contribution is 5.76. The molecule has 0 radical (unpaired) electrons. The van der Waals surface area contributed by atoms with Crippen LogP contribution in [0.3, 0.4) is 0 Å². The van der Waals surface area contributed by atoms with Crippen molar-refractivity contribution in [2.45, 2.75) is 76.0 Å². The van der Waals surface area contributed by atoms with Crippen LogP contribution < -0.4 is 10.9 Å². The van der Waals surface area contributed by atoms with Gasteiger partial charge in [0.05, 0.1) is 18.5 Å². The fourth-order valence-corrected chi connectivity index (χ4v) is 4.78. The highest BCUT2D eigenvalue weighted by Crippen LogP contribution is 2.25. The van der Waals surface area contributed by atoms with Gasteiger partial charge < -0.3 is 15.3 Å². The maximum absolute atomic E-state index is 12.6. The van der Waals surface area contributed by atoms with E-state index in [0.29, 0.717) is 44.2 Å². The van der Waals surface area contributed by atoms with E-state index in [9.17, 15) is 14.7 Å². The molecule has 32 heavy (non-hydrogen) atoms. The lowest BCUT2D eigenvalue weighted by molar-refractivity contribution is -0.135. The molecular formula is C25H34N4O3. The lowest BCUT2D eigenvalue weighted by Gasteiger charge is -2.38. The van der Waals surface area contributed by atoms with Crippen molar-refractivity contribution in [1.82, 2.24) is 14.5 Å². The zero-order valence-electron chi connectivity index (χ0n) is 18.7. The van der Waals surface area contributed by atoms with E-state index in [1.807, 2.05) is 35.2 Å². The fourth-order valence-electron chi connectivity index (χ4n) is 4.78. The second kappa shape index (κ2) is 10.3. The number of likely N-dealkylation sites (tertiary alicyclic amines) is 1. The monoisotopic (exact) mass is 438 g/mol. The molecule has 0 atom stereocenters. The Morgan fingerprint density at radius 1 is 1.12 bits per heavy atom. The zero-order chi connectivity index (χ0) is 22.4. The Morgan fingerprint density at radius 3 is 2.53 bits per heavy atom. The number of benzene rings is 1. The van der Waals surface area contributed by atoms with Crippen LogP contribution in [0.4, 0.5) is 5.82 Å². The van der Waals surface area contributed by atoms with Gasteiger partial charge in [-0.3, -0.25) is 14.2 Å². The Bertz CT molecular complexity index is 945. The van der Waals surface area contributed by atoms with Crippen molar-refractivity contribution in [2.24, 2.45) is 0 Å². The number of hydrogen-bond donors (Lipinski definition) is 2. The van der Waals surface area contributed by atoms with Gasteiger partial charge in [0.25, 0.3) is 5.56 Å². The third-order valence-electron chi connectivity index (χ3n) is 6.82. The molecule has 1 aromatic heterocycles. The summed E-state index contributed by atoms with van der Waals surface area (Å²) in [6.45, 7) is 1.22. The Hall–Kier alpha value is -2.67. The van der Waals surface area contributed by atoms with Crippen molar-refractivity contribution < 1.29 is 9.90 Å². The lowest BCUT2D eigenvalue weighted by atomic mass is 9.91. The summed E-state index contributed by atoms with van der Waals surface area (Å²) in [6.07, 6.45) is 9.59. The van der Waals surface area contributed by atoms with E-state index in [0.717, 1.165) is 24.8 Å². The molecule has 0 bridgehead atoms. The average molecular weight is 439 g/mol. The number of nitrogens with one attached hydrogen (secondary N) is 1. The smallest absolute Gasteiger partial charge is 0.255 e. The van der Waals surface area contributed by atoms with Crippen LogP contribution in [0.15, 0.2) is 47.5 Å². The van der Waals surface area contributed by atoms with Crippen molar-refractivity contribution in [3.8, 4) is 0 Å². The number of anilines is 1. The molecule has 1 aromatic carbocycles. The summed E-state index contributed by atoms with van der Waals surface area (Å²) >= 11 is 0. The van der Waals surface area contributed by atoms with Gasteiger partial charge in [0, 0.05) is 31.6 Å². The third-order valence-corrected chi connectivity index (χ3v) is 6.82. The molecule has 0 spiro atoms. The van der Waals surface area contributed by atoms with Gasteiger partial charge in [-0.15, -0.1) is 0 Å². The minimum absolute atomic E-state index is 0.118. The lowest BCUT2D eigenvalue weighted by Crippen LogP contribution is -2.49. The van der Waals surface area contributed by atoms with Gasteiger partial charge in [-0.1, -0.05) is 49.6 Å². The van der Waals surface area contributed by atoms with Gasteiger partial charge in [0.2, 0.25) is 5.91 Å². The van der Waals surface area contributed by atoms with Crippen LogP contribution >= 0.6 is 0 Å². The summed E-state index contributed by atoms with van der Waals surface area (Å²) in [6, 6.07) is 11.9. The van der Waals surface area contributed by atoms with E-state index in [2.05, 4.69) is 10.3 Å². The molecule has 0 unspecified atom stereocenters. The first-order valence-corrected chi connectivity index (χ1v) is 11.9. The van der Waals surface area contributed by atoms with E-state index in [1.54, 1.807) is 0 Å². The Morgan fingerprint density at radius 2 is 1.84 bits per heavy atom. The first-order valence-electron chi connectivity index (χ1n) is 11.9. The van der Waals surface area contributed by atoms with Crippen LogP contribution in [0.25, 0.3) is 0 Å². The van der Waals surface area contributed by atoms with Gasteiger partial charge in [0.1, 0.15) is 5.82 Å². The minimum atomic E-state index is -1.000. The highest BCUT2D eigenvalue weighted by Gasteiger charge is 2.34. The number of piperidine rings is 1. The largest absolute Gasteiger partial charge is 0.388 e. The fraction of sp³-hybridized carbons (Fsp3) is 0.560. The number of carbonyl (C=O) groups excluding carboxylic acids is 1. The highest BCUT2D eigenvalue weighted by atomic mass is 16.3. The molecule has 7 nitrogen and oxygen atoms in total. The summed E-state index contributed by atoms with van der Waals surface area (Å²) < 4.78 is 1.49. The quantitative estimate of drug-likeness (QED) is 0.694. The topological polar surface area (TPSA) is 87.5 Å². The molecule has 1 saturated heterocycles. The van der Waals surface area contributed by atoms with Crippen LogP contribution in [-0.4, -0.2) is 50.2 Å². The number of aryl methyl sites for hydroxylation is 1. The maximum Gasteiger partial charge on any atom is 0.255 e. The molecule has 7 heteroatoms. The minimum Gasteiger partial charge on any atom is -0.388 e. The van der Waals surface area contributed by atoms with E-state index in [-0.39, 0.29) is 18.0 Å². The summed E-state index contributed by atoms with van der Waals surface area (Å²) in [5, 5.41) is 14.4. The summed E-state index contributed by atoms with van der Waals surface area (Å²) in [5.74, 6) is 0.733. The van der Waals surface area contributed by atoms with E-state index < -0.39 is 5.60 Å². The number of carbonyl (C=O) groups is 1. The van der Waals surface area contributed by atoms with E-state index >= 15 is 0 Å². The SMILES string of the molecule is O=C(CCc1ccccc1)N1CCC(O)(Cn2cnc(NC3CCCCC3)cc2=O)CC1. The normalized spacial score (nSPS) is 19.0. The molecule has 1 amide bonds. The molecule has 1 aliphatic carbocycles. The number of hydrogen-bond acceptors (Lipinski definition) is 5. The van der Waals surface area contributed by atoms with Crippen molar-refractivity contribution >= 4 is 11.7 Å². The predicted molar refractivity (Wildman–Crippen MR) is 125 cm³/mol. The van der Waals surface area contributed by atoms with Crippen molar-refractivity contribution in [3.05, 3.63) is 58.6 Å². The molecule has 2 aromatic rings. The summed E-state index contributed by atoms with van der Waals surface area (Å²) in [5.41, 5.74) is -0.00389. The van der Waals surface area contributed by atoms with Crippen molar-refractivity contribution in [2.75, 3.05) is 18.4 Å². The molecular weight excluding hydrogens is 404 g/mol. The Labute approximate surface area is 189 Å². The second-order valence-corrected chi connectivity index (χ2v) is 9.31. The average Bonchev–Trinajstić information content (AvgIpc) is 2.81. The van der Waals surface area contributed by atoms with Crippen LogP contribution in [-0.2, 0) is 17.8 Å². The number of aromatic nitrogens is 2. The molecule has 172 valence electrons. The van der Waals surface area contributed by atoms with Gasteiger partial charge in [-0.2, -0.15) is 0 Å². The molecule has 2 N–H and O–H groups in total. The predicted octanol–water partition coefficient (Wildman–Crippen LogP) is 2.97. The van der Waals surface area contributed by atoms with Crippen molar-refractivity contribution in [3.63, 3.8) is 0 Å². The zero-order valence-corrected chi connectivity index (χ0v) is 18.7. The first kappa shape index (κ1) is 22.5. The molecule has 2 fully saturated rings. The molecule has 2 heterocycles. The van der Waals surface area contributed by atoms with E-state index in [1.165, 1.54) is 36.2 Å². The van der Waals surface area contributed by atoms with Gasteiger partial charge in [0.15, 0.2) is 0 Å². The van der Waals surface area contributed by atoms with Gasteiger partial charge >= 0.3 is 0 Å². The summed E-state index contributed by atoms with van der Waals surface area (Å²) in [7, 11) is 0. The first-order chi connectivity index (χ1) is 15.5. The van der Waals surface area contributed by atoms with Crippen LogP contribution in [0.2, 0.25) is 0 Å². The molecule has 2 aliphatic rings. The Kier molecular flexibility index (Phi) is 7.25.